The minimum absolute atomic E-state index is 0.265. The molecule has 0 radical (unpaired) electrons. The number of amides is 1. The summed E-state index contributed by atoms with van der Waals surface area (Å²) >= 11 is 3.25. The second kappa shape index (κ2) is 4.89. The molecule has 0 saturated carbocycles. The summed E-state index contributed by atoms with van der Waals surface area (Å²) in [4.78, 5) is 12.0. The number of aromatic nitrogens is 2. The summed E-state index contributed by atoms with van der Waals surface area (Å²) < 4.78 is 15.2. The zero-order valence-corrected chi connectivity index (χ0v) is 11.5. The number of carbonyl (C=O) groups is 1. The molecule has 4 nitrogen and oxygen atoms in total. The first-order chi connectivity index (χ1) is 8.47. The van der Waals surface area contributed by atoms with Crippen LogP contribution in [0.3, 0.4) is 0 Å². The standard InChI is InChI=1S/C12H11BrFN3O/c1-7-3-4-8(14)5-10(7)15-12(18)11-9(13)6-17(2)16-11/h3-6H,1-2H3,(H,15,18). The third kappa shape index (κ3) is 2.59. The minimum Gasteiger partial charge on any atom is -0.320 e. The fourth-order valence-corrected chi connectivity index (χ4v) is 2.08. The highest BCUT2D eigenvalue weighted by Crippen LogP contribution is 2.19. The molecule has 1 heterocycles. The van der Waals surface area contributed by atoms with Crippen molar-refractivity contribution in [3.05, 3.63) is 45.9 Å². The summed E-state index contributed by atoms with van der Waals surface area (Å²) in [6.07, 6.45) is 1.67. The van der Waals surface area contributed by atoms with Crippen molar-refractivity contribution in [3.8, 4) is 0 Å². The van der Waals surface area contributed by atoms with Crippen molar-refractivity contribution in [3.63, 3.8) is 0 Å². The van der Waals surface area contributed by atoms with E-state index in [1.807, 2.05) is 0 Å². The van der Waals surface area contributed by atoms with E-state index in [2.05, 4.69) is 26.3 Å². The number of aryl methyl sites for hydroxylation is 2. The van der Waals surface area contributed by atoms with Gasteiger partial charge >= 0.3 is 0 Å². The van der Waals surface area contributed by atoms with Gasteiger partial charge in [-0.1, -0.05) is 6.07 Å². The first-order valence-electron chi connectivity index (χ1n) is 5.24. The summed E-state index contributed by atoms with van der Waals surface area (Å²) in [5.41, 5.74) is 1.50. The molecule has 94 valence electrons. The SMILES string of the molecule is Cc1ccc(F)cc1NC(=O)c1nn(C)cc1Br. The molecule has 0 saturated heterocycles. The highest BCUT2D eigenvalue weighted by atomic mass is 79.9. The van der Waals surface area contributed by atoms with Gasteiger partial charge in [0, 0.05) is 18.9 Å². The lowest BCUT2D eigenvalue weighted by atomic mass is 10.2. The maximum absolute atomic E-state index is 13.1. The number of nitrogens with zero attached hydrogens (tertiary/aromatic N) is 2. The Labute approximate surface area is 112 Å². The zero-order chi connectivity index (χ0) is 13.3. The van der Waals surface area contributed by atoms with Gasteiger partial charge in [-0.05, 0) is 40.5 Å². The first-order valence-corrected chi connectivity index (χ1v) is 6.03. The molecule has 0 unspecified atom stereocenters. The van der Waals surface area contributed by atoms with Crippen LogP contribution in [0.2, 0.25) is 0 Å². The molecule has 0 atom stereocenters. The number of anilines is 1. The number of carbonyl (C=O) groups excluding carboxylic acids is 1. The molecule has 2 rings (SSSR count). The maximum Gasteiger partial charge on any atom is 0.277 e. The first kappa shape index (κ1) is 12.8. The van der Waals surface area contributed by atoms with E-state index in [9.17, 15) is 9.18 Å². The Bertz CT molecular complexity index is 609. The van der Waals surface area contributed by atoms with Crippen LogP contribution in [-0.2, 0) is 7.05 Å². The molecule has 0 aliphatic carbocycles. The Morgan fingerprint density at radius 2 is 2.22 bits per heavy atom. The molecule has 0 fully saturated rings. The van der Waals surface area contributed by atoms with Gasteiger partial charge in [0.15, 0.2) is 5.69 Å². The molecule has 0 bridgehead atoms. The van der Waals surface area contributed by atoms with Crippen LogP contribution in [0.5, 0.6) is 0 Å². The fraction of sp³-hybridized carbons (Fsp3) is 0.167. The van der Waals surface area contributed by atoms with Crippen LogP contribution >= 0.6 is 15.9 Å². The van der Waals surface area contributed by atoms with Crippen LogP contribution in [-0.4, -0.2) is 15.7 Å². The van der Waals surface area contributed by atoms with Crippen LogP contribution in [0.1, 0.15) is 16.1 Å². The lowest BCUT2D eigenvalue weighted by molar-refractivity contribution is 0.102. The largest absolute Gasteiger partial charge is 0.320 e. The molecular weight excluding hydrogens is 301 g/mol. The molecule has 1 amide bonds. The van der Waals surface area contributed by atoms with Crippen molar-refractivity contribution < 1.29 is 9.18 Å². The minimum atomic E-state index is -0.393. The summed E-state index contributed by atoms with van der Waals surface area (Å²) in [6.45, 7) is 1.79. The van der Waals surface area contributed by atoms with E-state index >= 15 is 0 Å². The average molecular weight is 312 g/mol. The van der Waals surface area contributed by atoms with E-state index in [1.165, 1.54) is 16.8 Å². The van der Waals surface area contributed by atoms with Crippen molar-refractivity contribution in [2.75, 3.05) is 5.32 Å². The predicted molar refractivity (Wildman–Crippen MR) is 70.0 cm³/mol. The smallest absolute Gasteiger partial charge is 0.277 e. The highest BCUT2D eigenvalue weighted by molar-refractivity contribution is 9.10. The quantitative estimate of drug-likeness (QED) is 0.927. The molecule has 1 aromatic carbocycles. The number of nitrogens with one attached hydrogen (secondary N) is 1. The Hall–Kier alpha value is -1.69. The molecule has 1 N–H and O–H groups in total. The van der Waals surface area contributed by atoms with E-state index in [1.54, 1.807) is 26.2 Å². The summed E-state index contributed by atoms with van der Waals surface area (Å²) in [6, 6.07) is 4.24. The second-order valence-corrected chi connectivity index (χ2v) is 4.77. The Morgan fingerprint density at radius 3 is 2.83 bits per heavy atom. The molecule has 0 aliphatic rings. The monoisotopic (exact) mass is 311 g/mol. The van der Waals surface area contributed by atoms with Crippen LogP contribution < -0.4 is 5.32 Å². The van der Waals surface area contributed by atoms with Gasteiger partial charge in [0.25, 0.3) is 5.91 Å². The van der Waals surface area contributed by atoms with Crippen molar-refractivity contribution >= 4 is 27.5 Å². The van der Waals surface area contributed by atoms with E-state index in [4.69, 9.17) is 0 Å². The fourth-order valence-electron chi connectivity index (χ4n) is 1.52. The molecule has 6 heteroatoms. The molecular formula is C12H11BrFN3O. The van der Waals surface area contributed by atoms with E-state index in [0.717, 1.165) is 5.56 Å². The van der Waals surface area contributed by atoms with Crippen LogP contribution in [0.4, 0.5) is 10.1 Å². The molecule has 0 spiro atoms. The average Bonchev–Trinajstić information content (AvgIpc) is 2.63. The van der Waals surface area contributed by atoms with Gasteiger partial charge in [0.1, 0.15) is 5.82 Å². The maximum atomic E-state index is 13.1. The molecule has 18 heavy (non-hydrogen) atoms. The topological polar surface area (TPSA) is 46.9 Å². The van der Waals surface area contributed by atoms with Crippen molar-refractivity contribution in [1.29, 1.82) is 0 Å². The molecule has 0 aliphatic heterocycles. The van der Waals surface area contributed by atoms with Crippen molar-refractivity contribution in [1.82, 2.24) is 9.78 Å². The van der Waals surface area contributed by atoms with Gasteiger partial charge in [-0.2, -0.15) is 5.10 Å². The van der Waals surface area contributed by atoms with Crippen LogP contribution in [0.25, 0.3) is 0 Å². The Morgan fingerprint density at radius 1 is 1.50 bits per heavy atom. The number of hydrogen-bond acceptors (Lipinski definition) is 2. The van der Waals surface area contributed by atoms with Gasteiger partial charge in [0.05, 0.1) is 4.47 Å². The summed E-state index contributed by atoms with van der Waals surface area (Å²) in [7, 11) is 1.72. The van der Waals surface area contributed by atoms with Gasteiger partial charge in [-0.25, -0.2) is 4.39 Å². The van der Waals surface area contributed by atoms with Crippen LogP contribution in [0, 0.1) is 12.7 Å². The Kier molecular flexibility index (Phi) is 3.47. The number of benzene rings is 1. The molecule has 2 aromatic rings. The third-order valence-corrected chi connectivity index (χ3v) is 3.03. The molecule has 1 aromatic heterocycles. The van der Waals surface area contributed by atoms with Gasteiger partial charge in [0.2, 0.25) is 0 Å². The van der Waals surface area contributed by atoms with E-state index < -0.39 is 5.82 Å². The van der Waals surface area contributed by atoms with Gasteiger partial charge in [-0.3, -0.25) is 9.48 Å². The highest BCUT2D eigenvalue weighted by Gasteiger charge is 2.15. The van der Waals surface area contributed by atoms with E-state index in [-0.39, 0.29) is 11.6 Å². The van der Waals surface area contributed by atoms with E-state index in [0.29, 0.717) is 10.2 Å². The normalized spacial score (nSPS) is 10.4. The summed E-state index contributed by atoms with van der Waals surface area (Å²) in [5.74, 6) is -0.771. The zero-order valence-electron chi connectivity index (χ0n) is 9.87. The van der Waals surface area contributed by atoms with Crippen molar-refractivity contribution in [2.45, 2.75) is 6.92 Å². The Balaban J connectivity index is 2.26. The van der Waals surface area contributed by atoms with Crippen LogP contribution in [0.15, 0.2) is 28.9 Å². The third-order valence-electron chi connectivity index (χ3n) is 2.45. The van der Waals surface area contributed by atoms with Gasteiger partial charge in [-0.15, -0.1) is 0 Å². The predicted octanol–water partition coefficient (Wildman–Crippen LogP) is 2.88. The lowest BCUT2D eigenvalue weighted by Gasteiger charge is -2.07. The van der Waals surface area contributed by atoms with Crippen molar-refractivity contribution in [2.24, 2.45) is 7.05 Å². The van der Waals surface area contributed by atoms with Gasteiger partial charge < -0.3 is 5.32 Å². The summed E-state index contributed by atoms with van der Waals surface area (Å²) in [5, 5.41) is 6.66. The lowest BCUT2D eigenvalue weighted by Crippen LogP contribution is -2.14. The number of halogens is 2. The number of rotatable bonds is 2. The second-order valence-electron chi connectivity index (χ2n) is 3.91. The number of hydrogen-bond donors (Lipinski definition) is 1.